The lowest BCUT2D eigenvalue weighted by atomic mass is 10.1. The summed E-state index contributed by atoms with van der Waals surface area (Å²) in [5.74, 6) is 0. The average Bonchev–Trinajstić information content (AvgIpc) is 2.41. The van der Waals surface area contributed by atoms with Crippen molar-refractivity contribution in [2.24, 2.45) is 0 Å². The van der Waals surface area contributed by atoms with Crippen LogP contribution in [0.3, 0.4) is 0 Å². The summed E-state index contributed by atoms with van der Waals surface area (Å²) in [5.41, 5.74) is 8.06. The predicted octanol–water partition coefficient (Wildman–Crippen LogP) is 3.40. The van der Waals surface area contributed by atoms with Crippen molar-refractivity contribution >= 4 is 49.7 Å². The molecule has 0 spiro atoms. The highest BCUT2D eigenvalue weighted by atomic mass is 127. The average molecular weight is 289 g/mol. The second-order valence-electron chi connectivity index (χ2n) is 2.75. The highest BCUT2D eigenvalue weighted by Crippen LogP contribution is 2.33. The molecule has 0 radical (unpaired) electrons. The molecule has 2 N–H and O–H groups in total. The Bertz CT molecular complexity index is 433. The first-order valence-corrected chi connectivity index (χ1v) is 5.58. The Morgan fingerprint density at radius 2 is 2.17 bits per heavy atom. The van der Waals surface area contributed by atoms with Gasteiger partial charge in [0.05, 0.1) is 0 Å². The van der Waals surface area contributed by atoms with Crippen LogP contribution in [0.1, 0.15) is 5.56 Å². The van der Waals surface area contributed by atoms with Gasteiger partial charge >= 0.3 is 0 Å². The maximum atomic E-state index is 5.97. The van der Waals surface area contributed by atoms with Gasteiger partial charge in [-0.15, -0.1) is 11.3 Å². The summed E-state index contributed by atoms with van der Waals surface area (Å²) in [5, 5.41) is 3.36. The third-order valence-corrected chi connectivity index (χ3v) is 4.17. The number of nitrogen functional groups attached to an aromatic ring is 1. The van der Waals surface area contributed by atoms with Gasteiger partial charge in [0.1, 0.15) is 0 Å². The molecule has 1 heterocycles. The van der Waals surface area contributed by atoms with E-state index in [0.717, 1.165) is 5.69 Å². The minimum atomic E-state index is 0.929. The molecule has 0 fully saturated rings. The summed E-state index contributed by atoms with van der Waals surface area (Å²) < 4.78 is 2.54. The Kier molecular flexibility index (Phi) is 2.00. The van der Waals surface area contributed by atoms with E-state index in [1.54, 1.807) is 11.3 Å². The lowest BCUT2D eigenvalue weighted by Crippen LogP contribution is -1.89. The second kappa shape index (κ2) is 2.88. The van der Waals surface area contributed by atoms with E-state index >= 15 is 0 Å². The molecule has 0 saturated carbocycles. The van der Waals surface area contributed by atoms with E-state index in [1.807, 2.05) is 6.92 Å². The van der Waals surface area contributed by atoms with Gasteiger partial charge in [0.2, 0.25) is 0 Å². The molecule has 0 aliphatic carbocycles. The number of anilines is 1. The number of rotatable bonds is 0. The Hall–Kier alpha value is -0.290. The Labute approximate surface area is 88.7 Å². The van der Waals surface area contributed by atoms with Crippen LogP contribution in [0.25, 0.3) is 10.1 Å². The van der Waals surface area contributed by atoms with Crippen LogP contribution in [-0.4, -0.2) is 0 Å². The first-order chi connectivity index (χ1) is 5.70. The minimum absolute atomic E-state index is 0.929. The second-order valence-corrected chi connectivity index (χ2v) is 4.83. The maximum absolute atomic E-state index is 5.97. The number of aryl methyl sites for hydroxylation is 1. The van der Waals surface area contributed by atoms with Gasteiger partial charge in [-0.2, -0.15) is 0 Å². The summed E-state index contributed by atoms with van der Waals surface area (Å²) in [6.45, 7) is 2.04. The Balaban J connectivity index is 2.96. The van der Waals surface area contributed by atoms with Crippen LogP contribution in [0.2, 0.25) is 0 Å². The Morgan fingerprint density at radius 3 is 2.92 bits per heavy atom. The standard InChI is InChI=1S/C9H8INS/c1-5-2-3-7-8(9(5)11)6(10)4-12-7/h2-4H,11H2,1H3. The number of nitrogens with two attached hydrogens (primary N) is 1. The summed E-state index contributed by atoms with van der Waals surface area (Å²) in [4.78, 5) is 0. The van der Waals surface area contributed by atoms with Gasteiger partial charge < -0.3 is 5.73 Å². The summed E-state index contributed by atoms with van der Waals surface area (Å²) in [6, 6.07) is 4.21. The lowest BCUT2D eigenvalue weighted by molar-refractivity contribution is 1.51. The van der Waals surface area contributed by atoms with E-state index in [4.69, 9.17) is 5.73 Å². The fourth-order valence-corrected chi connectivity index (χ4v) is 3.20. The largest absolute Gasteiger partial charge is 0.398 e. The van der Waals surface area contributed by atoms with E-state index in [9.17, 15) is 0 Å². The van der Waals surface area contributed by atoms with Crippen molar-refractivity contribution in [2.45, 2.75) is 6.92 Å². The van der Waals surface area contributed by atoms with Gasteiger partial charge in [0.25, 0.3) is 0 Å². The van der Waals surface area contributed by atoms with Crippen molar-refractivity contribution in [3.8, 4) is 0 Å². The molecule has 62 valence electrons. The van der Waals surface area contributed by atoms with Crippen LogP contribution in [0.4, 0.5) is 5.69 Å². The van der Waals surface area contributed by atoms with Gasteiger partial charge in [-0.25, -0.2) is 0 Å². The first kappa shape index (κ1) is 8.31. The fourth-order valence-electron chi connectivity index (χ4n) is 1.22. The number of halogens is 1. The number of hydrogen-bond donors (Lipinski definition) is 1. The van der Waals surface area contributed by atoms with Crippen molar-refractivity contribution in [1.82, 2.24) is 0 Å². The van der Waals surface area contributed by atoms with Crippen LogP contribution in [-0.2, 0) is 0 Å². The van der Waals surface area contributed by atoms with Crippen molar-refractivity contribution < 1.29 is 0 Å². The molecule has 12 heavy (non-hydrogen) atoms. The van der Waals surface area contributed by atoms with Gasteiger partial charge in [-0.1, -0.05) is 6.07 Å². The maximum Gasteiger partial charge on any atom is 0.0442 e. The number of benzene rings is 1. The van der Waals surface area contributed by atoms with Crippen LogP contribution < -0.4 is 5.73 Å². The molecule has 0 unspecified atom stereocenters. The molecule has 0 amide bonds. The van der Waals surface area contributed by atoms with Crippen molar-refractivity contribution in [1.29, 1.82) is 0 Å². The first-order valence-electron chi connectivity index (χ1n) is 3.62. The van der Waals surface area contributed by atoms with Crippen LogP contribution in [0.15, 0.2) is 17.5 Å². The van der Waals surface area contributed by atoms with Crippen molar-refractivity contribution in [3.63, 3.8) is 0 Å². The highest BCUT2D eigenvalue weighted by Gasteiger charge is 2.05. The molecule has 1 aromatic carbocycles. The molecular weight excluding hydrogens is 281 g/mol. The molecule has 0 atom stereocenters. The van der Waals surface area contributed by atoms with Crippen molar-refractivity contribution in [2.75, 3.05) is 5.73 Å². The molecule has 2 rings (SSSR count). The van der Waals surface area contributed by atoms with E-state index in [1.165, 1.54) is 19.2 Å². The zero-order chi connectivity index (χ0) is 8.72. The summed E-state index contributed by atoms with van der Waals surface area (Å²) >= 11 is 4.08. The van der Waals surface area contributed by atoms with E-state index in [2.05, 4.69) is 40.1 Å². The topological polar surface area (TPSA) is 26.0 Å². The van der Waals surface area contributed by atoms with Crippen LogP contribution in [0.5, 0.6) is 0 Å². The van der Waals surface area contributed by atoms with Gasteiger partial charge in [-0.05, 0) is 41.1 Å². The van der Waals surface area contributed by atoms with Crippen molar-refractivity contribution in [3.05, 3.63) is 26.6 Å². The molecule has 1 aromatic heterocycles. The molecule has 3 heteroatoms. The zero-order valence-corrected chi connectivity index (χ0v) is 9.57. The summed E-state index contributed by atoms with van der Waals surface area (Å²) in [6.07, 6.45) is 0. The lowest BCUT2D eigenvalue weighted by Gasteiger charge is -2.00. The van der Waals surface area contributed by atoms with Gasteiger partial charge in [-0.3, -0.25) is 0 Å². The summed E-state index contributed by atoms with van der Waals surface area (Å²) in [7, 11) is 0. The molecule has 1 nitrogen and oxygen atoms in total. The number of fused-ring (bicyclic) bond motifs is 1. The number of thiophene rings is 1. The predicted molar refractivity (Wildman–Crippen MR) is 63.7 cm³/mol. The normalized spacial score (nSPS) is 10.8. The van der Waals surface area contributed by atoms with E-state index < -0.39 is 0 Å². The van der Waals surface area contributed by atoms with Crippen LogP contribution in [0, 0.1) is 10.5 Å². The third kappa shape index (κ3) is 1.11. The third-order valence-electron chi connectivity index (χ3n) is 1.95. The minimum Gasteiger partial charge on any atom is -0.398 e. The zero-order valence-electron chi connectivity index (χ0n) is 6.60. The highest BCUT2D eigenvalue weighted by molar-refractivity contribution is 14.1. The quantitative estimate of drug-likeness (QED) is 0.584. The van der Waals surface area contributed by atoms with Gasteiger partial charge in [0, 0.05) is 24.7 Å². The molecule has 0 aliphatic rings. The van der Waals surface area contributed by atoms with E-state index in [-0.39, 0.29) is 0 Å². The number of hydrogen-bond acceptors (Lipinski definition) is 2. The fraction of sp³-hybridized carbons (Fsp3) is 0.111. The molecule has 2 aromatic rings. The molecule has 0 aliphatic heterocycles. The molecular formula is C9H8INS. The Morgan fingerprint density at radius 1 is 1.42 bits per heavy atom. The smallest absolute Gasteiger partial charge is 0.0442 e. The SMILES string of the molecule is Cc1ccc2scc(I)c2c1N. The molecule has 0 saturated heterocycles. The van der Waals surface area contributed by atoms with Gasteiger partial charge in [0.15, 0.2) is 0 Å². The monoisotopic (exact) mass is 289 g/mol. The van der Waals surface area contributed by atoms with E-state index in [0.29, 0.717) is 0 Å². The molecule has 0 bridgehead atoms. The van der Waals surface area contributed by atoms with Crippen LogP contribution >= 0.6 is 33.9 Å².